The molecule has 80 valence electrons. The maximum Gasteiger partial charge on any atom is -0.00438 e. The Balaban J connectivity index is 3.88. The Kier molecular flexibility index (Phi) is 6.40. The van der Waals surface area contributed by atoms with Crippen LogP contribution < -0.4 is 5.32 Å². The zero-order valence-corrected chi connectivity index (χ0v) is 10.1. The fraction of sp³-hybridized carbons (Fsp3) is 1.00. The molecule has 0 heterocycles. The molecule has 0 aromatic rings. The van der Waals surface area contributed by atoms with Crippen LogP contribution in [0.3, 0.4) is 0 Å². The highest BCUT2D eigenvalue weighted by molar-refractivity contribution is 4.77. The van der Waals surface area contributed by atoms with E-state index in [0.717, 1.165) is 12.5 Å². The molecule has 0 unspecified atom stereocenters. The Bertz CT molecular complexity index is 114. The molecule has 13 heavy (non-hydrogen) atoms. The lowest BCUT2D eigenvalue weighted by molar-refractivity contribution is 0.182. The van der Waals surface area contributed by atoms with E-state index in [2.05, 4.69) is 39.9 Å². The zero-order valence-electron chi connectivity index (χ0n) is 10.1. The van der Waals surface area contributed by atoms with Crippen molar-refractivity contribution < 1.29 is 0 Å². The topological polar surface area (TPSA) is 12.0 Å². The second-order valence-electron chi connectivity index (χ2n) is 4.61. The lowest BCUT2D eigenvalue weighted by Crippen LogP contribution is -2.28. The molecule has 0 bridgehead atoms. The average Bonchev–Trinajstić information content (AvgIpc) is 2.06. The fourth-order valence-electron chi connectivity index (χ4n) is 2.19. The van der Waals surface area contributed by atoms with Crippen LogP contribution in [0.5, 0.6) is 0 Å². The van der Waals surface area contributed by atoms with E-state index in [4.69, 9.17) is 0 Å². The lowest BCUT2D eigenvalue weighted by atomic mass is 9.73. The highest BCUT2D eigenvalue weighted by Gasteiger charge is 2.25. The van der Waals surface area contributed by atoms with Crippen LogP contribution in [0.25, 0.3) is 0 Å². The monoisotopic (exact) mass is 185 g/mol. The molecule has 0 aliphatic heterocycles. The van der Waals surface area contributed by atoms with Crippen LogP contribution in [-0.2, 0) is 0 Å². The summed E-state index contributed by atoms with van der Waals surface area (Å²) in [5, 5.41) is 3.41. The van der Waals surface area contributed by atoms with Crippen molar-refractivity contribution in [1.82, 2.24) is 5.32 Å². The van der Waals surface area contributed by atoms with Crippen LogP contribution in [-0.4, -0.2) is 13.1 Å². The summed E-state index contributed by atoms with van der Waals surface area (Å²) < 4.78 is 0. The van der Waals surface area contributed by atoms with Gasteiger partial charge in [0.25, 0.3) is 0 Å². The average molecular weight is 185 g/mol. The summed E-state index contributed by atoms with van der Waals surface area (Å²) >= 11 is 0. The van der Waals surface area contributed by atoms with Crippen molar-refractivity contribution >= 4 is 0 Å². The van der Waals surface area contributed by atoms with Gasteiger partial charge in [-0.25, -0.2) is 0 Å². The van der Waals surface area contributed by atoms with Crippen LogP contribution in [0.1, 0.15) is 53.9 Å². The zero-order chi connectivity index (χ0) is 10.3. The first-order valence-electron chi connectivity index (χ1n) is 5.79. The van der Waals surface area contributed by atoms with Crippen molar-refractivity contribution in [2.24, 2.45) is 11.3 Å². The molecule has 0 aliphatic rings. The van der Waals surface area contributed by atoms with Crippen LogP contribution in [0, 0.1) is 11.3 Å². The third-order valence-electron chi connectivity index (χ3n) is 3.29. The molecule has 0 fully saturated rings. The van der Waals surface area contributed by atoms with Gasteiger partial charge in [-0.2, -0.15) is 0 Å². The Morgan fingerprint density at radius 2 is 1.62 bits per heavy atom. The molecule has 0 rings (SSSR count). The predicted octanol–water partition coefficient (Wildman–Crippen LogP) is 3.45. The summed E-state index contributed by atoms with van der Waals surface area (Å²) in [6, 6.07) is 0. The highest BCUT2D eigenvalue weighted by atomic mass is 14.8. The molecule has 0 spiro atoms. The van der Waals surface area contributed by atoms with E-state index in [9.17, 15) is 0 Å². The molecule has 0 aliphatic carbocycles. The summed E-state index contributed by atoms with van der Waals surface area (Å²) in [5.74, 6) is 0.881. The molecule has 0 aromatic heterocycles. The summed E-state index contributed by atoms with van der Waals surface area (Å²) in [7, 11) is 0. The van der Waals surface area contributed by atoms with E-state index in [1.54, 1.807) is 0 Å². The Morgan fingerprint density at radius 1 is 1.08 bits per heavy atom. The summed E-state index contributed by atoms with van der Waals surface area (Å²) in [4.78, 5) is 0. The molecule has 0 aromatic carbocycles. The summed E-state index contributed by atoms with van der Waals surface area (Å²) in [6.07, 6.45) is 3.93. The largest absolute Gasteiger partial charge is 0.317 e. The van der Waals surface area contributed by atoms with E-state index in [-0.39, 0.29) is 0 Å². The van der Waals surface area contributed by atoms with Gasteiger partial charge >= 0.3 is 0 Å². The predicted molar refractivity (Wildman–Crippen MR) is 61.0 cm³/mol. The third kappa shape index (κ3) is 4.66. The van der Waals surface area contributed by atoms with Crippen LogP contribution in [0.4, 0.5) is 0 Å². The second-order valence-corrected chi connectivity index (χ2v) is 4.61. The third-order valence-corrected chi connectivity index (χ3v) is 3.29. The molecule has 0 radical (unpaired) electrons. The van der Waals surface area contributed by atoms with Gasteiger partial charge < -0.3 is 5.32 Å². The number of nitrogens with one attached hydrogen (secondary N) is 1. The minimum absolute atomic E-state index is 0.506. The molecular weight excluding hydrogens is 158 g/mol. The van der Waals surface area contributed by atoms with Crippen molar-refractivity contribution in [2.45, 2.75) is 53.9 Å². The molecule has 1 nitrogen and oxygen atoms in total. The van der Waals surface area contributed by atoms with Crippen molar-refractivity contribution in [1.29, 1.82) is 0 Å². The molecule has 0 saturated heterocycles. The lowest BCUT2D eigenvalue weighted by Gasteiger charge is -2.33. The highest BCUT2D eigenvalue weighted by Crippen LogP contribution is 2.34. The van der Waals surface area contributed by atoms with Gasteiger partial charge in [-0.1, -0.05) is 47.5 Å². The van der Waals surface area contributed by atoms with Crippen molar-refractivity contribution in [3.8, 4) is 0 Å². The van der Waals surface area contributed by atoms with Gasteiger partial charge in [0.1, 0.15) is 0 Å². The van der Waals surface area contributed by atoms with Crippen LogP contribution >= 0.6 is 0 Å². The van der Waals surface area contributed by atoms with Crippen LogP contribution in [0.2, 0.25) is 0 Å². The first-order valence-corrected chi connectivity index (χ1v) is 5.79. The SMILES string of the molecule is CCNCCC(C)(C)C(CC)CC. The Hall–Kier alpha value is -0.0400. The van der Waals surface area contributed by atoms with Gasteiger partial charge in [-0.15, -0.1) is 0 Å². The van der Waals surface area contributed by atoms with Crippen molar-refractivity contribution in [3.63, 3.8) is 0 Å². The molecule has 1 heteroatoms. The van der Waals surface area contributed by atoms with E-state index in [1.807, 2.05) is 0 Å². The molecule has 0 amide bonds. The number of hydrogen-bond acceptors (Lipinski definition) is 1. The second kappa shape index (κ2) is 6.42. The van der Waals surface area contributed by atoms with Gasteiger partial charge in [0.05, 0.1) is 0 Å². The smallest absolute Gasteiger partial charge is 0.00438 e. The normalized spacial score (nSPS) is 12.5. The van der Waals surface area contributed by atoms with Gasteiger partial charge in [-0.3, -0.25) is 0 Å². The van der Waals surface area contributed by atoms with Gasteiger partial charge in [0.15, 0.2) is 0 Å². The van der Waals surface area contributed by atoms with E-state index >= 15 is 0 Å². The van der Waals surface area contributed by atoms with E-state index < -0.39 is 0 Å². The van der Waals surface area contributed by atoms with Gasteiger partial charge in [-0.05, 0) is 30.8 Å². The maximum atomic E-state index is 3.41. The Morgan fingerprint density at radius 3 is 2.00 bits per heavy atom. The number of hydrogen-bond donors (Lipinski definition) is 1. The maximum absolute atomic E-state index is 3.41. The molecule has 0 saturated carbocycles. The Labute approximate surface area is 84.3 Å². The fourth-order valence-corrected chi connectivity index (χ4v) is 2.19. The minimum Gasteiger partial charge on any atom is -0.317 e. The van der Waals surface area contributed by atoms with Gasteiger partial charge in [0, 0.05) is 0 Å². The van der Waals surface area contributed by atoms with Crippen LogP contribution in [0.15, 0.2) is 0 Å². The molecule has 0 atom stereocenters. The van der Waals surface area contributed by atoms with E-state index in [0.29, 0.717) is 5.41 Å². The summed E-state index contributed by atoms with van der Waals surface area (Å²) in [5.41, 5.74) is 0.506. The molecular formula is C12H27N. The van der Waals surface area contributed by atoms with Crippen molar-refractivity contribution in [3.05, 3.63) is 0 Å². The standard InChI is InChI=1S/C12H27N/c1-6-11(7-2)12(4,5)9-10-13-8-3/h11,13H,6-10H2,1-5H3. The quantitative estimate of drug-likeness (QED) is 0.599. The van der Waals surface area contributed by atoms with Gasteiger partial charge in [0.2, 0.25) is 0 Å². The molecule has 1 N–H and O–H groups in total. The summed E-state index contributed by atoms with van der Waals surface area (Å²) in [6.45, 7) is 13.9. The van der Waals surface area contributed by atoms with Crippen molar-refractivity contribution in [2.75, 3.05) is 13.1 Å². The minimum atomic E-state index is 0.506. The number of rotatable bonds is 7. The first-order chi connectivity index (χ1) is 6.08. The van der Waals surface area contributed by atoms with E-state index in [1.165, 1.54) is 25.8 Å². The first kappa shape index (κ1) is 13.0.